The molecule has 2 aromatic rings. The Morgan fingerprint density at radius 3 is 2.48 bits per heavy atom. The molecule has 2 aromatic carbocycles. The smallest absolute Gasteiger partial charge is 0.166 e. The molecule has 0 aliphatic heterocycles. The van der Waals surface area contributed by atoms with Gasteiger partial charge in [0.15, 0.2) is 11.6 Å². The van der Waals surface area contributed by atoms with Crippen molar-refractivity contribution in [2.75, 3.05) is 0 Å². The van der Waals surface area contributed by atoms with E-state index in [1.807, 2.05) is 18.2 Å². The Hall–Kier alpha value is -0.910. The molecule has 1 unspecified atom stereocenters. The largest absolute Gasteiger partial charge is 0.453 e. The summed E-state index contributed by atoms with van der Waals surface area (Å²) in [6, 6.07) is 10.6. The first-order chi connectivity index (χ1) is 9.99. The van der Waals surface area contributed by atoms with E-state index < -0.39 is 5.82 Å². The van der Waals surface area contributed by atoms with Gasteiger partial charge >= 0.3 is 0 Å². The first kappa shape index (κ1) is 16.5. The fourth-order valence-corrected chi connectivity index (χ4v) is 2.72. The molecule has 0 fully saturated rings. The molecule has 0 heterocycles. The maximum atomic E-state index is 13.8. The van der Waals surface area contributed by atoms with Gasteiger partial charge < -0.3 is 10.5 Å². The molecule has 0 aliphatic carbocycles. The summed E-state index contributed by atoms with van der Waals surface area (Å²) in [7, 11) is 0. The average Bonchev–Trinajstić information content (AvgIpc) is 2.44. The van der Waals surface area contributed by atoms with Crippen molar-refractivity contribution in [3.63, 3.8) is 0 Å². The Bertz CT molecular complexity index is 634. The molecule has 0 aromatic heterocycles. The lowest BCUT2D eigenvalue weighted by Gasteiger charge is -2.12. The van der Waals surface area contributed by atoms with Gasteiger partial charge in [0.1, 0.15) is 5.75 Å². The predicted octanol–water partition coefficient (Wildman–Crippen LogP) is 5.42. The second-order valence-corrected chi connectivity index (χ2v) is 6.58. The Morgan fingerprint density at radius 1 is 1.14 bits per heavy atom. The van der Waals surface area contributed by atoms with E-state index in [2.05, 4.69) is 38.8 Å². The van der Waals surface area contributed by atoms with Gasteiger partial charge in [0.25, 0.3) is 0 Å². The molecule has 21 heavy (non-hydrogen) atoms. The number of nitrogens with two attached hydrogens (primary N) is 1. The SMILES string of the molecule is CCC(N)Cc1ccc(Oc2ccc(Br)cc2F)c(Br)c1. The second-order valence-electron chi connectivity index (χ2n) is 4.81. The monoisotopic (exact) mass is 415 g/mol. The van der Waals surface area contributed by atoms with Gasteiger partial charge in [-0.05, 0) is 64.7 Å². The van der Waals surface area contributed by atoms with Crippen molar-refractivity contribution in [1.82, 2.24) is 0 Å². The van der Waals surface area contributed by atoms with Gasteiger partial charge in [-0.3, -0.25) is 0 Å². The quantitative estimate of drug-likeness (QED) is 0.705. The number of rotatable bonds is 5. The normalized spacial score (nSPS) is 12.2. The summed E-state index contributed by atoms with van der Waals surface area (Å²) in [5.74, 6) is 0.357. The molecule has 1 atom stereocenters. The lowest BCUT2D eigenvalue weighted by atomic mass is 10.0. The summed E-state index contributed by atoms with van der Waals surface area (Å²) in [6.07, 6.45) is 1.74. The Labute approximate surface area is 140 Å². The minimum absolute atomic E-state index is 0.146. The van der Waals surface area contributed by atoms with Crippen LogP contribution >= 0.6 is 31.9 Å². The van der Waals surface area contributed by atoms with Crippen molar-refractivity contribution in [3.8, 4) is 11.5 Å². The average molecular weight is 417 g/mol. The van der Waals surface area contributed by atoms with Crippen LogP contribution < -0.4 is 10.5 Å². The number of halogens is 3. The molecule has 0 aliphatic rings. The zero-order valence-corrected chi connectivity index (χ0v) is 14.7. The summed E-state index contributed by atoms with van der Waals surface area (Å²) in [4.78, 5) is 0. The van der Waals surface area contributed by atoms with Crippen molar-refractivity contribution in [2.24, 2.45) is 5.73 Å². The molecule has 2 nitrogen and oxygen atoms in total. The van der Waals surface area contributed by atoms with Crippen LogP contribution in [0, 0.1) is 5.82 Å². The summed E-state index contributed by atoms with van der Waals surface area (Å²) in [6.45, 7) is 2.06. The van der Waals surface area contributed by atoms with Crippen molar-refractivity contribution in [1.29, 1.82) is 0 Å². The van der Waals surface area contributed by atoms with Gasteiger partial charge in [0, 0.05) is 10.5 Å². The van der Waals surface area contributed by atoms with E-state index >= 15 is 0 Å². The molecule has 5 heteroatoms. The molecule has 2 N–H and O–H groups in total. The van der Waals surface area contributed by atoms with Crippen LogP contribution in [-0.4, -0.2) is 6.04 Å². The standard InChI is InChI=1S/C16H16Br2FNO/c1-2-12(20)7-10-3-5-15(13(18)8-10)21-16-6-4-11(17)9-14(16)19/h3-6,8-9,12H,2,7,20H2,1H3. The van der Waals surface area contributed by atoms with Crippen LogP contribution in [0.1, 0.15) is 18.9 Å². The zero-order chi connectivity index (χ0) is 15.4. The third-order valence-electron chi connectivity index (χ3n) is 3.13. The molecule has 0 radical (unpaired) electrons. The maximum Gasteiger partial charge on any atom is 0.166 e. The van der Waals surface area contributed by atoms with Crippen molar-refractivity contribution in [3.05, 3.63) is 56.7 Å². The highest BCUT2D eigenvalue weighted by Crippen LogP contribution is 2.33. The van der Waals surface area contributed by atoms with Crippen LogP contribution in [0.25, 0.3) is 0 Å². The van der Waals surface area contributed by atoms with Crippen LogP contribution in [0.3, 0.4) is 0 Å². The van der Waals surface area contributed by atoms with E-state index in [0.717, 1.165) is 22.9 Å². The van der Waals surface area contributed by atoms with Gasteiger partial charge in [0.05, 0.1) is 4.47 Å². The van der Waals surface area contributed by atoms with Crippen LogP contribution in [0.5, 0.6) is 11.5 Å². The minimum atomic E-state index is -0.409. The van der Waals surface area contributed by atoms with Gasteiger partial charge in [-0.15, -0.1) is 0 Å². The topological polar surface area (TPSA) is 35.2 Å². The molecule has 0 saturated heterocycles. The summed E-state index contributed by atoms with van der Waals surface area (Å²) < 4.78 is 20.8. The summed E-state index contributed by atoms with van der Waals surface area (Å²) in [5.41, 5.74) is 7.07. The molecule has 0 amide bonds. The van der Waals surface area contributed by atoms with E-state index in [1.165, 1.54) is 6.07 Å². The Morgan fingerprint density at radius 2 is 1.86 bits per heavy atom. The molecule has 0 saturated carbocycles. The van der Waals surface area contributed by atoms with Gasteiger partial charge in [0.2, 0.25) is 0 Å². The van der Waals surface area contributed by atoms with Gasteiger partial charge in [-0.25, -0.2) is 4.39 Å². The van der Waals surface area contributed by atoms with E-state index in [1.54, 1.807) is 12.1 Å². The van der Waals surface area contributed by atoms with E-state index in [-0.39, 0.29) is 11.8 Å². The molecule has 0 bridgehead atoms. The predicted molar refractivity (Wildman–Crippen MR) is 90.3 cm³/mol. The van der Waals surface area contributed by atoms with E-state index in [4.69, 9.17) is 10.5 Å². The van der Waals surface area contributed by atoms with E-state index in [0.29, 0.717) is 10.2 Å². The van der Waals surface area contributed by atoms with Crippen molar-refractivity contribution < 1.29 is 9.13 Å². The number of benzene rings is 2. The fraction of sp³-hybridized carbons (Fsp3) is 0.250. The highest BCUT2D eigenvalue weighted by molar-refractivity contribution is 9.10. The van der Waals surface area contributed by atoms with Crippen molar-refractivity contribution in [2.45, 2.75) is 25.8 Å². The lowest BCUT2D eigenvalue weighted by molar-refractivity contribution is 0.439. The third-order valence-corrected chi connectivity index (χ3v) is 4.25. The molecule has 2 rings (SSSR count). The second kappa shape index (κ2) is 7.38. The highest BCUT2D eigenvalue weighted by atomic mass is 79.9. The van der Waals surface area contributed by atoms with Crippen LogP contribution in [-0.2, 0) is 6.42 Å². The minimum Gasteiger partial charge on any atom is -0.453 e. The number of ether oxygens (including phenoxy) is 1. The lowest BCUT2D eigenvalue weighted by Crippen LogP contribution is -2.21. The van der Waals surface area contributed by atoms with E-state index in [9.17, 15) is 4.39 Å². The van der Waals surface area contributed by atoms with Gasteiger partial charge in [-0.2, -0.15) is 0 Å². The van der Waals surface area contributed by atoms with Crippen LogP contribution in [0.4, 0.5) is 4.39 Å². The first-order valence-electron chi connectivity index (χ1n) is 6.66. The highest BCUT2D eigenvalue weighted by Gasteiger charge is 2.10. The van der Waals surface area contributed by atoms with Gasteiger partial charge in [-0.1, -0.05) is 28.9 Å². The molecule has 0 spiro atoms. The summed E-state index contributed by atoms with van der Waals surface area (Å²) in [5, 5.41) is 0. The Balaban J connectivity index is 2.17. The maximum absolute atomic E-state index is 13.8. The number of hydrogen-bond donors (Lipinski definition) is 1. The van der Waals surface area contributed by atoms with Crippen molar-refractivity contribution >= 4 is 31.9 Å². The molecular weight excluding hydrogens is 401 g/mol. The van der Waals surface area contributed by atoms with Crippen LogP contribution in [0.15, 0.2) is 45.3 Å². The third kappa shape index (κ3) is 4.53. The summed E-state index contributed by atoms with van der Waals surface area (Å²) >= 11 is 6.68. The first-order valence-corrected chi connectivity index (χ1v) is 8.25. The van der Waals surface area contributed by atoms with Crippen LogP contribution in [0.2, 0.25) is 0 Å². The Kier molecular flexibility index (Phi) is 5.79. The molecule has 112 valence electrons. The zero-order valence-electron chi connectivity index (χ0n) is 11.6. The number of hydrogen-bond acceptors (Lipinski definition) is 2. The fourth-order valence-electron chi connectivity index (χ4n) is 1.88. The molecular formula is C16H16Br2FNO.